The highest BCUT2D eigenvalue weighted by Crippen LogP contribution is 2.14. The summed E-state index contributed by atoms with van der Waals surface area (Å²) >= 11 is 0. The standard InChI is InChI=1S/C11H17N3O/c1-8(2)6-11(15)14(3)10-7-9(12)4-5-13-10/h4-5,7-8H,6H2,1-3H3,(H2,12,13). The highest BCUT2D eigenvalue weighted by atomic mass is 16.2. The van der Waals surface area contributed by atoms with Crippen LogP contribution in [-0.4, -0.2) is 17.9 Å². The fourth-order valence-electron chi connectivity index (χ4n) is 1.23. The molecule has 15 heavy (non-hydrogen) atoms. The van der Waals surface area contributed by atoms with Gasteiger partial charge in [-0.3, -0.25) is 9.69 Å². The normalized spacial score (nSPS) is 10.4. The molecule has 1 amide bonds. The summed E-state index contributed by atoms with van der Waals surface area (Å²) in [6, 6.07) is 3.39. The zero-order valence-electron chi connectivity index (χ0n) is 9.40. The molecule has 0 unspecified atom stereocenters. The average Bonchev–Trinajstić information content (AvgIpc) is 2.15. The second-order valence-corrected chi connectivity index (χ2v) is 4.00. The van der Waals surface area contributed by atoms with Crippen LogP contribution in [0.5, 0.6) is 0 Å². The van der Waals surface area contributed by atoms with Crippen LogP contribution in [0.15, 0.2) is 18.3 Å². The van der Waals surface area contributed by atoms with Gasteiger partial charge in [0, 0.05) is 31.4 Å². The number of carbonyl (C=O) groups excluding carboxylic acids is 1. The summed E-state index contributed by atoms with van der Waals surface area (Å²) in [4.78, 5) is 17.3. The van der Waals surface area contributed by atoms with Gasteiger partial charge in [-0.2, -0.15) is 0 Å². The molecule has 0 saturated carbocycles. The Morgan fingerprint density at radius 3 is 2.80 bits per heavy atom. The molecule has 0 aliphatic rings. The van der Waals surface area contributed by atoms with E-state index in [-0.39, 0.29) is 5.91 Å². The monoisotopic (exact) mass is 207 g/mol. The van der Waals surface area contributed by atoms with Crippen LogP contribution >= 0.6 is 0 Å². The predicted octanol–water partition coefficient (Wildman–Crippen LogP) is 1.67. The van der Waals surface area contributed by atoms with Crippen molar-refractivity contribution in [1.82, 2.24) is 4.98 Å². The number of hydrogen-bond donors (Lipinski definition) is 1. The van der Waals surface area contributed by atoms with E-state index in [1.54, 1.807) is 25.4 Å². The van der Waals surface area contributed by atoms with Gasteiger partial charge in [0.1, 0.15) is 5.82 Å². The molecule has 0 fully saturated rings. The van der Waals surface area contributed by atoms with Crippen LogP contribution in [0.2, 0.25) is 0 Å². The van der Waals surface area contributed by atoms with Gasteiger partial charge in [0.2, 0.25) is 5.91 Å². The van der Waals surface area contributed by atoms with Crippen molar-refractivity contribution in [1.29, 1.82) is 0 Å². The third-order valence-electron chi connectivity index (χ3n) is 2.07. The number of nitrogens with zero attached hydrogens (tertiary/aromatic N) is 2. The molecule has 0 atom stereocenters. The summed E-state index contributed by atoms with van der Waals surface area (Å²) in [5.74, 6) is 1.00. The number of rotatable bonds is 3. The van der Waals surface area contributed by atoms with Gasteiger partial charge in [-0.1, -0.05) is 13.8 Å². The van der Waals surface area contributed by atoms with Crippen LogP contribution in [0.1, 0.15) is 20.3 Å². The number of hydrogen-bond acceptors (Lipinski definition) is 3. The minimum atomic E-state index is 0.0584. The molecule has 0 aliphatic heterocycles. The van der Waals surface area contributed by atoms with Gasteiger partial charge in [0.05, 0.1) is 0 Å². The van der Waals surface area contributed by atoms with Crippen molar-refractivity contribution in [3.05, 3.63) is 18.3 Å². The molecule has 4 heteroatoms. The lowest BCUT2D eigenvalue weighted by Crippen LogP contribution is -2.28. The maximum Gasteiger partial charge on any atom is 0.228 e. The Balaban J connectivity index is 2.76. The molecule has 1 aromatic rings. The van der Waals surface area contributed by atoms with Crippen molar-refractivity contribution in [3.8, 4) is 0 Å². The highest BCUT2D eigenvalue weighted by Gasteiger charge is 2.13. The fraction of sp³-hybridized carbons (Fsp3) is 0.455. The largest absolute Gasteiger partial charge is 0.399 e. The highest BCUT2D eigenvalue weighted by molar-refractivity contribution is 5.92. The SMILES string of the molecule is CC(C)CC(=O)N(C)c1cc(N)ccn1. The summed E-state index contributed by atoms with van der Waals surface area (Å²) in [7, 11) is 1.71. The van der Waals surface area contributed by atoms with Gasteiger partial charge < -0.3 is 5.73 Å². The van der Waals surface area contributed by atoms with E-state index >= 15 is 0 Å². The van der Waals surface area contributed by atoms with Crippen LogP contribution in [-0.2, 0) is 4.79 Å². The molecular formula is C11H17N3O. The maximum absolute atomic E-state index is 11.7. The lowest BCUT2D eigenvalue weighted by molar-refractivity contribution is -0.119. The number of pyridine rings is 1. The fourth-order valence-corrected chi connectivity index (χ4v) is 1.23. The zero-order valence-corrected chi connectivity index (χ0v) is 9.40. The van der Waals surface area contributed by atoms with Crippen LogP contribution in [0.4, 0.5) is 11.5 Å². The molecule has 0 bridgehead atoms. The minimum Gasteiger partial charge on any atom is -0.399 e. The van der Waals surface area contributed by atoms with Crippen molar-refractivity contribution in [2.75, 3.05) is 17.7 Å². The molecule has 2 N–H and O–H groups in total. The maximum atomic E-state index is 11.7. The van der Waals surface area contributed by atoms with Crippen LogP contribution < -0.4 is 10.6 Å². The molecule has 0 aliphatic carbocycles. The Bertz CT molecular complexity index is 349. The molecule has 0 saturated heterocycles. The van der Waals surface area contributed by atoms with E-state index in [2.05, 4.69) is 4.98 Å². The van der Waals surface area contributed by atoms with E-state index in [1.807, 2.05) is 13.8 Å². The first-order chi connectivity index (χ1) is 7.00. The van der Waals surface area contributed by atoms with E-state index in [0.29, 0.717) is 23.8 Å². The summed E-state index contributed by atoms with van der Waals surface area (Å²) in [5.41, 5.74) is 6.23. The van der Waals surface area contributed by atoms with Crippen LogP contribution in [0.3, 0.4) is 0 Å². The van der Waals surface area contributed by atoms with Crippen molar-refractivity contribution in [3.63, 3.8) is 0 Å². The zero-order chi connectivity index (χ0) is 11.4. The molecule has 4 nitrogen and oxygen atoms in total. The molecule has 0 spiro atoms. The van der Waals surface area contributed by atoms with Gasteiger partial charge in [0.15, 0.2) is 0 Å². The third kappa shape index (κ3) is 3.23. The van der Waals surface area contributed by atoms with Crippen molar-refractivity contribution >= 4 is 17.4 Å². The van der Waals surface area contributed by atoms with Gasteiger partial charge in [-0.05, 0) is 12.0 Å². The topological polar surface area (TPSA) is 59.2 Å². The molecule has 82 valence electrons. The number of carbonyl (C=O) groups is 1. The predicted molar refractivity (Wildman–Crippen MR) is 61.5 cm³/mol. The summed E-state index contributed by atoms with van der Waals surface area (Å²) in [6.07, 6.45) is 2.12. The lowest BCUT2D eigenvalue weighted by atomic mass is 10.1. The van der Waals surface area contributed by atoms with E-state index in [0.717, 1.165) is 0 Å². The van der Waals surface area contributed by atoms with E-state index < -0.39 is 0 Å². The lowest BCUT2D eigenvalue weighted by Gasteiger charge is -2.17. The third-order valence-corrected chi connectivity index (χ3v) is 2.07. The van der Waals surface area contributed by atoms with Gasteiger partial charge in [0.25, 0.3) is 0 Å². The second kappa shape index (κ2) is 4.77. The number of nitrogens with two attached hydrogens (primary N) is 1. The minimum absolute atomic E-state index is 0.0584. The Morgan fingerprint density at radius 1 is 1.60 bits per heavy atom. The molecular weight excluding hydrogens is 190 g/mol. The van der Waals surface area contributed by atoms with E-state index in [4.69, 9.17) is 5.73 Å². The second-order valence-electron chi connectivity index (χ2n) is 4.00. The van der Waals surface area contributed by atoms with Crippen LogP contribution in [0.25, 0.3) is 0 Å². The first kappa shape index (κ1) is 11.5. The van der Waals surface area contributed by atoms with Gasteiger partial charge >= 0.3 is 0 Å². The van der Waals surface area contributed by atoms with Crippen molar-refractivity contribution in [2.24, 2.45) is 5.92 Å². The van der Waals surface area contributed by atoms with E-state index in [9.17, 15) is 4.79 Å². The molecule has 0 radical (unpaired) electrons. The van der Waals surface area contributed by atoms with Crippen molar-refractivity contribution < 1.29 is 4.79 Å². The molecule has 0 aromatic carbocycles. The number of aromatic nitrogens is 1. The summed E-state index contributed by atoms with van der Waals surface area (Å²) < 4.78 is 0. The number of anilines is 2. The summed E-state index contributed by atoms with van der Waals surface area (Å²) in [5, 5.41) is 0. The molecule has 1 rings (SSSR count). The smallest absolute Gasteiger partial charge is 0.228 e. The number of nitrogen functional groups attached to an aromatic ring is 1. The summed E-state index contributed by atoms with van der Waals surface area (Å²) in [6.45, 7) is 4.02. The van der Waals surface area contributed by atoms with Crippen molar-refractivity contribution in [2.45, 2.75) is 20.3 Å². The van der Waals surface area contributed by atoms with Gasteiger partial charge in [-0.15, -0.1) is 0 Å². The quantitative estimate of drug-likeness (QED) is 0.820. The first-order valence-corrected chi connectivity index (χ1v) is 4.98. The Hall–Kier alpha value is -1.58. The Labute approximate surface area is 90.1 Å². The van der Waals surface area contributed by atoms with Gasteiger partial charge in [-0.25, -0.2) is 4.98 Å². The van der Waals surface area contributed by atoms with E-state index in [1.165, 1.54) is 4.90 Å². The average molecular weight is 207 g/mol. The Kier molecular flexibility index (Phi) is 3.66. The Morgan fingerprint density at radius 2 is 2.27 bits per heavy atom. The first-order valence-electron chi connectivity index (χ1n) is 4.98. The number of amides is 1. The van der Waals surface area contributed by atoms with Crippen LogP contribution in [0, 0.1) is 5.92 Å². The molecule has 1 aromatic heterocycles. The molecule has 1 heterocycles.